The first-order valence-electron chi connectivity index (χ1n) is 5.21. The van der Waals surface area contributed by atoms with Crippen molar-refractivity contribution in [2.24, 2.45) is 11.7 Å². The molecule has 8 heteroatoms. The molecular formula is C9H18F3NO3S. The summed E-state index contributed by atoms with van der Waals surface area (Å²) >= 11 is 0. The van der Waals surface area contributed by atoms with Crippen molar-refractivity contribution in [1.82, 2.24) is 0 Å². The van der Waals surface area contributed by atoms with Gasteiger partial charge in [-0.1, -0.05) is 6.92 Å². The van der Waals surface area contributed by atoms with E-state index in [1.807, 2.05) is 0 Å². The Hall–Kier alpha value is -0.340. The summed E-state index contributed by atoms with van der Waals surface area (Å²) in [6.07, 6.45) is -4.30. The van der Waals surface area contributed by atoms with Gasteiger partial charge in [-0.2, -0.15) is 13.2 Å². The predicted octanol–water partition coefficient (Wildman–Crippen LogP) is 0.965. The first kappa shape index (κ1) is 16.7. The number of sulfone groups is 1. The fraction of sp³-hybridized carbons (Fsp3) is 1.00. The largest absolute Gasteiger partial charge is 0.411 e. The standard InChI is InChI=1S/C9H18F3NO3S/c1-8(5-13)6-17(14,15)4-2-3-16-7-9(10,11)12/h8H,2-7,13H2,1H3. The first-order chi connectivity index (χ1) is 7.66. The van der Waals surface area contributed by atoms with Gasteiger partial charge in [-0.25, -0.2) is 8.42 Å². The van der Waals surface area contributed by atoms with Crippen molar-refractivity contribution in [3.63, 3.8) is 0 Å². The average molecular weight is 277 g/mol. The quantitative estimate of drug-likeness (QED) is 0.671. The van der Waals surface area contributed by atoms with E-state index >= 15 is 0 Å². The van der Waals surface area contributed by atoms with Crippen LogP contribution in [-0.2, 0) is 14.6 Å². The molecule has 0 aromatic rings. The average Bonchev–Trinajstić information content (AvgIpc) is 2.14. The van der Waals surface area contributed by atoms with Gasteiger partial charge >= 0.3 is 6.18 Å². The summed E-state index contributed by atoms with van der Waals surface area (Å²) in [6, 6.07) is 0. The Labute approximate surface area is 99.2 Å². The minimum atomic E-state index is -4.37. The van der Waals surface area contributed by atoms with Crippen molar-refractivity contribution in [3.05, 3.63) is 0 Å². The van der Waals surface area contributed by atoms with Gasteiger partial charge in [-0.3, -0.25) is 0 Å². The summed E-state index contributed by atoms with van der Waals surface area (Å²) < 4.78 is 62.2. The molecule has 17 heavy (non-hydrogen) atoms. The fourth-order valence-corrected chi connectivity index (χ4v) is 2.88. The topological polar surface area (TPSA) is 69.4 Å². The lowest BCUT2D eigenvalue weighted by Crippen LogP contribution is -2.24. The highest BCUT2D eigenvalue weighted by atomic mass is 32.2. The molecule has 0 aliphatic rings. The van der Waals surface area contributed by atoms with E-state index in [9.17, 15) is 21.6 Å². The second-order valence-electron chi connectivity index (χ2n) is 3.98. The van der Waals surface area contributed by atoms with Crippen LogP contribution in [0, 0.1) is 5.92 Å². The molecule has 1 atom stereocenters. The lowest BCUT2D eigenvalue weighted by Gasteiger charge is -2.10. The highest BCUT2D eigenvalue weighted by Crippen LogP contribution is 2.14. The zero-order valence-electron chi connectivity index (χ0n) is 9.66. The van der Waals surface area contributed by atoms with Crippen molar-refractivity contribution in [1.29, 1.82) is 0 Å². The van der Waals surface area contributed by atoms with E-state index in [2.05, 4.69) is 4.74 Å². The smallest absolute Gasteiger partial charge is 0.372 e. The van der Waals surface area contributed by atoms with Crippen molar-refractivity contribution >= 4 is 9.84 Å². The number of rotatable bonds is 8. The van der Waals surface area contributed by atoms with E-state index in [1.165, 1.54) is 0 Å². The molecular weight excluding hydrogens is 259 g/mol. The lowest BCUT2D eigenvalue weighted by molar-refractivity contribution is -0.173. The zero-order valence-corrected chi connectivity index (χ0v) is 10.5. The molecule has 0 saturated carbocycles. The molecule has 0 amide bonds. The van der Waals surface area contributed by atoms with Crippen LogP contribution in [0.15, 0.2) is 0 Å². The van der Waals surface area contributed by atoms with E-state index in [1.54, 1.807) is 6.92 Å². The van der Waals surface area contributed by atoms with Crippen LogP contribution in [0.4, 0.5) is 13.2 Å². The molecule has 0 saturated heterocycles. The molecule has 0 heterocycles. The number of alkyl halides is 3. The van der Waals surface area contributed by atoms with Crippen LogP contribution in [-0.4, -0.2) is 45.9 Å². The van der Waals surface area contributed by atoms with Gasteiger partial charge in [-0.05, 0) is 18.9 Å². The maximum Gasteiger partial charge on any atom is 0.411 e. The monoisotopic (exact) mass is 277 g/mol. The third-order valence-electron chi connectivity index (χ3n) is 1.95. The molecule has 0 aromatic heterocycles. The summed E-state index contributed by atoms with van der Waals surface area (Å²) in [5.41, 5.74) is 5.29. The highest BCUT2D eigenvalue weighted by molar-refractivity contribution is 7.91. The molecule has 0 aliphatic carbocycles. The molecule has 0 fully saturated rings. The van der Waals surface area contributed by atoms with Gasteiger partial charge in [0.25, 0.3) is 0 Å². The van der Waals surface area contributed by atoms with Gasteiger partial charge in [0.2, 0.25) is 0 Å². The molecule has 104 valence electrons. The van der Waals surface area contributed by atoms with Crippen LogP contribution in [0.5, 0.6) is 0 Å². The van der Waals surface area contributed by atoms with E-state index in [4.69, 9.17) is 5.73 Å². The van der Waals surface area contributed by atoms with Gasteiger partial charge in [-0.15, -0.1) is 0 Å². The first-order valence-corrected chi connectivity index (χ1v) is 7.03. The van der Waals surface area contributed by atoms with Gasteiger partial charge in [0, 0.05) is 6.61 Å². The Bertz CT molecular complexity index is 303. The van der Waals surface area contributed by atoms with Crippen molar-refractivity contribution in [2.75, 3.05) is 31.3 Å². The van der Waals surface area contributed by atoms with Crippen LogP contribution in [0.25, 0.3) is 0 Å². The summed E-state index contributed by atoms with van der Waals surface area (Å²) in [5.74, 6) is -0.353. The van der Waals surface area contributed by atoms with E-state index in [0.29, 0.717) is 0 Å². The second-order valence-corrected chi connectivity index (χ2v) is 6.21. The van der Waals surface area contributed by atoms with Crippen molar-refractivity contribution in [3.8, 4) is 0 Å². The SMILES string of the molecule is CC(CN)CS(=O)(=O)CCCOCC(F)(F)F. The minimum Gasteiger partial charge on any atom is -0.372 e. The number of nitrogens with two attached hydrogens (primary N) is 1. The van der Waals surface area contributed by atoms with Crippen LogP contribution in [0.1, 0.15) is 13.3 Å². The maximum atomic E-state index is 11.7. The molecule has 1 unspecified atom stereocenters. The molecule has 0 aromatic carbocycles. The molecule has 4 nitrogen and oxygen atoms in total. The van der Waals surface area contributed by atoms with Crippen LogP contribution in [0.3, 0.4) is 0 Å². The normalized spacial score (nSPS) is 14.9. The van der Waals surface area contributed by atoms with Crippen LogP contribution >= 0.6 is 0 Å². The van der Waals surface area contributed by atoms with Crippen molar-refractivity contribution in [2.45, 2.75) is 19.5 Å². The summed E-state index contributed by atoms with van der Waals surface area (Å²) in [4.78, 5) is 0. The second kappa shape index (κ2) is 7.17. The molecule has 2 N–H and O–H groups in total. The fourth-order valence-electron chi connectivity index (χ4n) is 1.15. The highest BCUT2D eigenvalue weighted by Gasteiger charge is 2.27. The number of halogens is 3. The van der Waals surface area contributed by atoms with Crippen molar-refractivity contribution < 1.29 is 26.3 Å². The number of hydrogen-bond acceptors (Lipinski definition) is 4. The predicted molar refractivity (Wildman–Crippen MR) is 58.4 cm³/mol. The molecule has 0 aliphatic heterocycles. The summed E-state index contributed by atoms with van der Waals surface area (Å²) in [7, 11) is -3.25. The Kier molecular flexibility index (Phi) is 7.03. The third-order valence-corrected chi connectivity index (χ3v) is 3.94. The zero-order chi connectivity index (χ0) is 13.5. The number of ether oxygens (including phenoxy) is 1. The van der Waals surface area contributed by atoms with Gasteiger partial charge in [0.1, 0.15) is 6.61 Å². The van der Waals surface area contributed by atoms with Crippen LogP contribution in [0.2, 0.25) is 0 Å². The van der Waals surface area contributed by atoms with Gasteiger partial charge < -0.3 is 10.5 Å². The van der Waals surface area contributed by atoms with Gasteiger partial charge in [0.05, 0.1) is 11.5 Å². The number of hydrogen-bond donors (Lipinski definition) is 1. The van der Waals surface area contributed by atoms with E-state index in [-0.39, 0.29) is 37.0 Å². The minimum absolute atomic E-state index is 0.0389. The molecule has 0 bridgehead atoms. The Morgan fingerprint density at radius 3 is 2.41 bits per heavy atom. The maximum absolute atomic E-state index is 11.7. The lowest BCUT2D eigenvalue weighted by atomic mass is 10.2. The summed E-state index contributed by atoms with van der Waals surface area (Å²) in [6.45, 7) is 0.420. The molecule has 0 radical (unpaired) electrons. The Balaban J connectivity index is 3.74. The molecule has 0 spiro atoms. The van der Waals surface area contributed by atoms with Crippen LogP contribution < -0.4 is 5.73 Å². The third kappa shape index (κ3) is 10.5. The summed E-state index contributed by atoms with van der Waals surface area (Å²) in [5, 5.41) is 0. The molecule has 0 rings (SSSR count). The van der Waals surface area contributed by atoms with E-state index < -0.39 is 22.6 Å². The Morgan fingerprint density at radius 1 is 1.35 bits per heavy atom. The Morgan fingerprint density at radius 2 is 1.94 bits per heavy atom. The van der Waals surface area contributed by atoms with E-state index in [0.717, 1.165) is 0 Å². The van der Waals surface area contributed by atoms with Gasteiger partial charge in [0.15, 0.2) is 9.84 Å².